The Hall–Kier alpha value is -4.35. The van der Waals surface area contributed by atoms with Crippen molar-refractivity contribution in [2.45, 2.75) is 51.2 Å². The number of likely N-dealkylation sites (N-methyl/N-ethyl adjacent to an activating group) is 7. The average Bonchev–Trinajstić information content (AvgIpc) is 3.15. The van der Waals surface area contributed by atoms with Gasteiger partial charge in [-0.25, -0.2) is 0 Å². The molecule has 0 aromatic rings. The fraction of sp³-hybridized carbons (Fsp3) is 0.860. The summed E-state index contributed by atoms with van der Waals surface area (Å²) < 4.78 is 5.91. The van der Waals surface area contributed by atoms with Gasteiger partial charge in [-0.2, -0.15) is 0 Å². The average molecular weight is 1180 g/mol. The minimum atomic E-state index is -2.97. The molecule has 1 unspecified atom stereocenters. The molecule has 0 aliphatic carbocycles. The Morgan fingerprint density at radius 2 is 0.512 bits per heavy atom. The number of hydrogen-bond donors (Lipinski definition) is 9. The molecular weight excluding hydrogens is 1070 g/mol. The highest BCUT2D eigenvalue weighted by molar-refractivity contribution is 5.86. The van der Waals surface area contributed by atoms with Gasteiger partial charge in [-0.05, 0) is 13.3 Å². The van der Waals surface area contributed by atoms with Crippen molar-refractivity contribution in [2.75, 3.05) is 240 Å². The van der Waals surface area contributed by atoms with Crippen molar-refractivity contribution in [2.24, 2.45) is 0 Å². The van der Waals surface area contributed by atoms with E-state index in [0.29, 0.717) is 0 Å². The van der Waals surface area contributed by atoms with Gasteiger partial charge < -0.3 is 147 Å². The Labute approximate surface area is 478 Å². The number of carboxylic acid groups (broad SMARTS) is 7. The monoisotopic (exact) mass is 1180 g/mol. The van der Waals surface area contributed by atoms with Crippen LogP contribution in [0, 0.1) is 0 Å². The predicted octanol–water partition coefficient (Wildman–Crippen LogP) is -13.3. The van der Waals surface area contributed by atoms with Crippen molar-refractivity contribution in [3.05, 3.63) is 0 Å². The molecule has 0 aliphatic heterocycles. The fourth-order valence-corrected chi connectivity index (χ4v) is 3.07. The van der Waals surface area contributed by atoms with E-state index < -0.39 is 72.8 Å². The first-order valence-electron chi connectivity index (χ1n) is 24.9. The van der Waals surface area contributed by atoms with E-state index in [-0.39, 0.29) is 52.7 Å². The first-order valence-corrected chi connectivity index (χ1v) is 24.9. The molecule has 0 spiro atoms. The van der Waals surface area contributed by atoms with E-state index in [1.807, 2.05) is 0 Å². The van der Waals surface area contributed by atoms with Crippen molar-refractivity contribution < 1.29 is 147 Å². The zero-order valence-electron chi connectivity index (χ0n) is 53.2. The summed E-state index contributed by atoms with van der Waals surface area (Å²) in [6.45, 7) is 10.3. The fourth-order valence-electron chi connectivity index (χ4n) is 3.07. The van der Waals surface area contributed by atoms with Crippen molar-refractivity contribution in [3.63, 3.8) is 0 Å². The lowest BCUT2D eigenvalue weighted by molar-refractivity contribution is -0.870. The Balaban J connectivity index is -0.0000000735. The molecule has 0 fully saturated rings. The van der Waals surface area contributed by atoms with Gasteiger partial charge >= 0.3 is 0 Å². The van der Waals surface area contributed by atoms with Gasteiger partial charge in [0.2, 0.25) is 0 Å². The summed E-state index contributed by atoms with van der Waals surface area (Å²) in [7, 11) is 43.1. The van der Waals surface area contributed by atoms with Gasteiger partial charge in [0.15, 0.2) is 0 Å². The highest BCUT2D eigenvalue weighted by Gasteiger charge is 2.29. The van der Waals surface area contributed by atoms with Crippen LogP contribution in [0.1, 0.15) is 39.5 Å². The van der Waals surface area contributed by atoms with Crippen LogP contribution in [0.5, 0.6) is 0 Å². The number of hydrogen-bond acceptors (Lipinski definition) is 23. The number of aliphatic hydroxyl groups excluding tert-OH is 8. The van der Waals surface area contributed by atoms with E-state index in [4.69, 9.17) is 55.9 Å². The Bertz CT molecular complexity index is 1320. The topological polar surface area (TPSA) is 463 Å². The highest BCUT2D eigenvalue weighted by Crippen LogP contribution is 2.13. The van der Waals surface area contributed by atoms with Crippen LogP contribution in [0.25, 0.3) is 0 Å². The third-order valence-corrected chi connectivity index (χ3v) is 7.60. The molecule has 80 heavy (non-hydrogen) atoms. The Kier molecular flexibility index (Phi) is 69.6. The maximum absolute atomic E-state index is 10.1. The summed E-state index contributed by atoms with van der Waals surface area (Å²) in [5.41, 5.74) is -2.97. The second-order valence-corrected chi connectivity index (χ2v) is 24.2. The number of aliphatic carboxylic acids is 7. The van der Waals surface area contributed by atoms with Gasteiger partial charge in [-0.15, -0.1) is 0 Å². The number of nitrogens with zero attached hydrogens (tertiary/aromatic N) is 7. The molecule has 488 valence electrons. The molecular formula is C50H115N7O23. The third kappa shape index (κ3) is 158. The van der Waals surface area contributed by atoms with Crippen LogP contribution in [0.3, 0.4) is 0 Å². The molecule has 0 aliphatic rings. The number of aliphatic hydroxyl groups is 9. The quantitative estimate of drug-likeness (QED) is 0.0339. The van der Waals surface area contributed by atoms with Crippen molar-refractivity contribution in [1.29, 1.82) is 0 Å². The number of carbonyl (C=O) groups is 7. The second-order valence-electron chi connectivity index (χ2n) is 24.2. The van der Waals surface area contributed by atoms with Crippen LogP contribution in [-0.4, -0.2) is 371 Å². The molecule has 0 rings (SSSR count). The van der Waals surface area contributed by atoms with Gasteiger partial charge in [-0.3, -0.25) is 0 Å². The summed E-state index contributed by atoms with van der Waals surface area (Å²) >= 11 is 0. The normalized spacial score (nSPS) is 11.3. The highest BCUT2D eigenvalue weighted by atomic mass is 16.4. The number of rotatable bonds is 23. The Morgan fingerprint density at radius 3 is 0.537 bits per heavy atom. The number of carbonyl (C=O) groups excluding carboxylic acids is 7. The lowest BCUT2D eigenvalue weighted by atomic mass is 9.96. The molecule has 0 amide bonds. The number of quaternary nitrogens is 7. The number of carboxylic acids is 7. The molecule has 0 saturated heterocycles. The summed E-state index contributed by atoms with van der Waals surface area (Å²) in [5.74, 6) is -11.7. The smallest absolute Gasteiger partial charge is 0.114 e. The zero-order valence-corrected chi connectivity index (χ0v) is 53.2. The van der Waals surface area contributed by atoms with Crippen LogP contribution in [0.4, 0.5) is 0 Å². The first-order chi connectivity index (χ1) is 35.2. The maximum atomic E-state index is 10.1. The lowest BCUT2D eigenvalue weighted by Crippen LogP contribution is -2.54. The van der Waals surface area contributed by atoms with Crippen LogP contribution in [0.15, 0.2) is 0 Å². The minimum Gasteiger partial charge on any atom is -0.550 e. The molecule has 30 nitrogen and oxygen atoms in total. The zero-order chi connectivity index (χ0) is 67.3. The molecule has 0 aromatic carbocycles. The maximum Gasteiger partial charge on any atom is 0.114 e. The van der Waals surface area contributed by atoms with Gasteiger partial charge in [0.1, 0.15) is 51.4 Å². The third-order valence-electron chi connectivity index (χ3n) is 7.60. The van der Waals surface area contributed by atoms with Crippen LogP contribution >= 0.6 is 0 Å². The van der Waals surface area contributed by atoms with Gasteiger partial charge in [0.25, 0.3) is 0 Å². The minimum absolute atomic E-state index is 0.211. The van der Waals surface area contributed by atoms with E-state index >= 15 is 0 Å². The molecule has 0 heterocycles. The first kappa shape index (κ1) is 101. The molecule has 0 bridgehead atoms. The molecule has 1 atom stereocenters. The van der Waals surface area contributed by atoms with E-state index in [0.717, 1.165) is 84.1 Å². The SMILES string of the molecule is CC(=O)[O-].CCC(O)C(=O)[O-].C[N+](C)(C)CCO.C[N+](C)(C)CCO.C[N+](C)(C)CCO.C[N+](C)(C)CCO.C[N+](C)(C)CCO.C[N+](C)(C)CCO.C[N+](C)(C)CCO.O=C([O-])CC(=O)[O-].O=C([O-])CC(O)(CC(=O)[O-])C(=O)[O-]. The van der Waals surface area contributed by atoms with E-state index in [1.54, 1.807) is 6.92 Å². The van der Waals surface area contributed by atoms with Crippen LogP contribution in [-0.2, 0) is 33.6 Å². The predicted molar refractivity (Wildman–Crippen MR) is 286 cm³/mol. The molecule has 0 radical (unpaired) electrons. The molecule has 9 N–H and O–H groups in total. The summed E-state index contributed by atoms with van der Waals surface area (Å²) in [6.07, 6.45) is -4.82. The van der Waals surface area contributed by atoms with Gasteiger partial charge in [-0.1, -0.05) is 6.92 Å². The van der Waals surface area contributed by atoms with E-state index in [2.05, 4.69) is 148 Å². The van der Waals surface area contributed by atoms with Gasteiger partial charge in [0.05, 0.1) is 212 Å². The molecule has 0 saturated carbocycles. The largest absolute Gasteiger partial charge is 0.550 e. The lowest BCUT2D eigenvalue weighted by Gasteiger charge is -2.29. The van der Waals surface area contributed by atoms with Crippen molar-refractivity contribution >= 4 is 41.8 Å². The molecule has 0 aromatic heterocycles. The van der Waals surface area contributed by atoms with Crippen LogP contribution in [0.2, 0.25) is 0 Å². The summed E-state index contributed by atoms with van der Waals surface area (Å²) in [4.78, 5) is 67.0. The molecule has 30 heteroatoms. The van der Waals surface area contributed by atoms with Crippen molar-refractivity contribution in [1.82, 2.24) is 0 Å². The van der Waals surface area contributed by atoms with Gasteiger partial charge in [0, 0.05) is 49.1 Å². The van der Waals surface area contributed by atoms with Crippen LogP contribution < -0.4 is 35.7 Å². The van der Waals surface area contributed by atoms with E-state index in [9.17, 15) is 59.4 Å². The van der Waals surface area contributed by atoms with Crippen molar-refractivity contribution in [3.8, 4) is 0 Å². The summed E-state index contributed by atoms with van der Waals surface area (Å²) in [5, 5.41) is 143. The Morgan fingerprint density at radius 1 is 0.362 bits per heavy atom. The second kappa shape index (κ2) is 55.2. The summed E-state index contributed by atoms with van der Waals surface area (Å²) in [6, 6.07) is 0. The van der Waals surface area contributed by atoms with E-state index in [1.165, 1.54) is 0 Å². The standard InChI is InChI=1S/C6H8O7.7C5H14NO.C4H8O3.C3H4O4.C2H4O2/c7-3(8)1-6(13,5(11)12)2-4(9)10;7*1-6(2,3)4-5-7;1-2-3(5)4(6)7;4-2(5)1-3(6)7;1-2(3)4/h13H,1-2H2,(H,7,8)(H,9,10)(H,11,12);7*7H,4-5H2,1-3H3;3,5H,2H2,1H3,(H,6,7);1H2,(H,4,5)(H,6,7);1H3,(H,3,4)/q;7*+1;;;/p-7.